The third-order valence-electron chi connectivity index (χ3n) is 6.53. The molecule has 0 saturated carbocycles. The maximum Gasteiger partial charge on any atom is 0.264 e. The van der Waals surface area contributed by atoms with Gasteiger partial charge in [0, 0.05) is 13.1 Å². The molecule has 0 fully saturated rings. The minimum atomic E-state index is -4.17. The van der Waals surface area contributed by atoms with Crippen molar-refractivity contribution in [3.05, 3.63) is 89.5 Å². The molecule has 3 rings (SSSR count). The van der Waals surface area contributed by atoms with Crippen molar-refractivity contribution in [2.45, 2.75) is 52.1 Å². The van der Waals surface area contributed by atoms with Crippen LogP contribution in [0.3, 0.4) is 0 Å². The van der Waals surface area contributed by atoms with Gasteiger partial charge in [0.05, 0.1) is 17.7 Å². The molecule has 214 valence electrons. The number of aryl methyl sites for hydroxylation is 2. The van der Waals surface area contributed by atoms with Gasteiger partial charge in [-0.15, -0.1) is 0 Å². The Balaban J connectivity index is 2.05. The van der Waals surface area contributed by atoms with Crippen molar-refractivity contribution < 1.29 is 22.7 Å². The zero-order chi connectivity index (χ0) is 29.4. The lowest BCUT2D eigenvalue weighted by atomic mass is 10.1. The first kappa shape index (κ1) is 30.7. The highest BCUT2D eigenvalue weighted by Crippen LogP contribution is 2.32. The first-order valence-corrected chi connectivity index (χ1v) is 14.7. The summed E-state index contributed by atoms with van der Waals surface area (Å²) in [6, 6.07) is 19.9. The number of sulfonamides is 1. The molecule has 0 heterocycles. The van der Waals surface area contributed by atoms with Crippen LogP contribution < -0.4 is 14.4 Å². The maximum atomic E-state index is 14.0. The van der Waals surface area contributed by atoms with Gasteiger partial charge in [-0.1, -0.05) is 73.5 Å². The second kappa shape index (κ2) is 13.5. The Hall–Kier alpha value is -3.85. The molecule has 2 amide bonds. The van der Waals surface area contributed by atoms with Gasteiger partial charge in [0.1, 0.15) is 18.3 Å². The number of nitrogens with zero attached hydrogens (tertiary/aromatic N) is 2. The van der Waals surface area contributed by atoms with Crippen molar-refractivity contribution in [2.75, 3.05) is 24.5 Å². The summed E-state index contributed by atoms with van der Waals surface area (Å²) in [4.78, 5) is 28.6. The standard InChI is InChI=1S/C31H39N3O5S/c1-22(2)19-32-31(36)25(5)33(20-26-11-9-10-24(4)18-26)30(35)21-34(28-12-7-8-13-29(28)39-6)40(37,38)27-16-14-23(3)15-17-27/h7-18,22,25H,19-21H2,1-6H3,(H,32,36)/t25-/m0/s1. The molecule has 0 spiro atoms. The van der Waals surface area contributed by atoms with E-state index in [1.807, 2.05) is 52.0 Å². The molecule has 3 aromatic carbocycles. The third-order valence-corrected chi connectivity index (χ3v) is 8.30. The van der Waals surface area contributed by atoms with Gasteiger partial charge in [0.15, 0.2) is 0 Å². The van der Waals surface area contributed by atoms with Crippen LogP contribution in [0, 0.1) is 19.8 Å². The molecule has 0 saturated heterocycles. The number of hydrogen-bond acceptors (Lipinski definition) is 5. The van der Waals surface area contributed by atoms with Crippen LogP contribution in [0.5, 0.6) is 5.75 Å². The second-order valence-electron chi connectivity index (χ2n) is 10.3. The fourth-order valence-corrected chi connectivity index (χ4v) is 5.65. The number of ether oxygens (including phenoxy) is 1. The molecule has 1 atom stereocenters. The van der Waals surface area contributed by atoms with Gasteiger partial charge >= 0.3 is 0 Å². The van der Waals surface area contributed by atoms with E-state index >= 15 is 0 Å². The van der Waals surface area contributed by atoms with Crippen LogP contribution in [0.4, 0.5) is 5.69 Å². The molecule has 9 heteroatoms. The van der Waals surface area contributed by atoms with Crippen molar-refractivity contribution >= 4 is 27.5 Å². The lowest BCUT2D eigenvalue weighted by molar-refractivity contribution is -0.139. The molecule has 0 aliphatic heterocycles. The molecule has 8 nitrogen and oxygen atoms in total. The van der Waals surface area contributed by atoms with Crippen LogP contribution in [0.1, 0.15) is 37.5 Å². The van der Waals surface area contributed by atoms with E-state index in [1.54, 1.807) is 43.3 Å². The predicted octanol–water partition coefficient (Wildman–Crippen LogP) is 4.70. The minimum Gasteiger partial charge on any atom is -0.495 e. The van der Waals surface area contributed by atoms with Crippen molar-refractivity contribution in [1.82, 2.24) is 10.2 Å². The molecule has 0 unspecified atom stereocenters. The average Bonchev–Trinajstić information content (AvgIpc) is 2.93. The smallest absolute Gasteiger partial charge is 0.264 e. The largest absolute Gasteiger partial charge is 0.495 e. The van der Waals surface area contributed by atoms with Crippen LogP contribution in [-0.4, -0.2) is 51.4 Å². The number of carbonyl (C=O) groups excluding carboxylic acids is 2. The number of anilines is 1. The Morgan fingerprint density at radius 1 is 0.900 bits per heavy atom. The van der Waals surface area contributed by atoms with E-state index < -0.39 is 28.5 Å². The Morgan fingerprint density at radius 3 is 2.20 bits per heavy atom. The molecular weight excluding hydrogens is 526 g/mol. The van der Waals surface area contributed by atoms with Gasteiger partial charge in [-0.25, -0.2) is 8.42 Å². The number of benzene rings is 3. The van der Waals surface area contributed by atoms with E-state index in [0.29, 0.717) is 12.3 Å². The van der Waals surface area contributed by atoms with Crippen LogP contribution >= 0.6 is 0 Å². The summed E-state index contributed by atoms with van der Waals surface area (Å²) in [5.74, 6) is -0.285. The second-order valence-corrected chi connectivity index (χ2v) is 12.2. The van der Waals surface area contributed by atoms with Gasteiger partial charge in [-0.05, 0) is 56.5 Å². The van der Waals surface area contributed by atoms with Gasteiger partial charge in [-0.2, -0.15) is 0 Å². The Labute approximate surface area is 238 Å². The average molecular weight is 566 g/mol. The molecule has 0 radical (unpaired) electrons. The Kier molecular flexibility index (Phi) is 10.3. The maximum absolute atomic E-state index is 14.0. The topological polar surface area (TPSA) is 96.0 Å². The molecular formula is C31H39N3O5S. The van der Waals surface area contributed by atoms with Crippen molar-refractivity contribution in [3.63, 3.8) is 0 Å². The summed E-state index contributed by atoms with van der Waals surface area (Å²) in [5.41, 5.74) is 2.98. The molecule has 0 aliphatic rings. The number of methoxy groups -OCH3 is 1. The molecule has 3 aromatic rings. The number of nitrogens with one attached hydrogen (secondary N) is 1. The van der Waals surface area contributed by atoms with Crippen molar-refractivity contribution in [3.8, 4) is 5.75 Å². The quantitative estimate of drug-likeness (QED) is 0.344. The zero-order valence-corrected chi connectivity index (χ0v) is 24.9. The fourth-order valence-electron chi connectivity index (χ4n) is 4.23. The SMILES string of the molecule is COc1ccccc1N(CC(=O)N(Cc1cccc(C)c1)[C@@H](C)C(=O)NCC(C)C)S(=O)(=O)c1ccc(C)cc1. The zero-order valence-electron chi connectivity index (χ0n) is 24.0. The monoisotopic (exact) mass is 565 g/mol. The summed E-state index contributed by atoms with van der Waals surface area (Å²) < 4.78 is 34.5. The summed E-state index contributed by atoms with van der Waals surface area (Å²) in [6.45, 7) is 9.53. The van der Waals surface area contributed by atoms with Gasteiger partial charge < -0.3 is 15.0 Å². The minimum absolute atomic E-state index is 0.0461. The number of para-hydroxylation sites is 2. The summed E-state index contributed by atoms with van der Waals surface area (Å²) >= 11 is 0. The van der Waals surface area contributed by atoms with E-state index in [2.05, 4.69) is 5.32 Å². The highest BCUT2D eigenvalue weighted by Gasteiger charge is 2.33. The highest BCUT2D eigenvalue weighted by molar-refractivity contribution is 7.92. The van der Waals surface area contributed by atoms with E-state index in [1.165, 1.54) is 24.1 Å². The fraction of sp³-hybridized carbons (Fsp3) is 0.355. The Morgan fingerprint density at radius 2 is 1.57 bits per heavy atom. The van der Waals surface area contributed by atoms with Gasteiger partial charge in [-0.3, -0.25) is 13.9 Å². The van der Waals surface area contributed by atoms with Gasteiger partial charge in [0.25, 0.3) is 10.0 Å². The first-order chi connectivity index (χ1) is 18.9. The van der Waals surface area contributed by atoms with E-state index in [9.17, 15) is 18.0 Å². The lowest BCUT2D eigenvalue weighted by Crippen LogP contribution is -2.51. The number of carbonyl (C=O) groups is 2. The third kappa shape index (κ3) is 7.63. The van der Waals surface area contributed by atoms with Crippen LogP contribution in [0.25, 0.3) is 0 Å². The van der Waals surface area contributed by atoms with E-state index in [0.717, 1.165) is 21.0 Å². The van der Waals surface area contributed by atoms with Gasteiger partial charge in [0.2, 0.25) is 11.8 Å². The number of amides is 2. The molecule has 1 N–H and O–H groups in total. The summed E-state index contributed by atoms with van der Waals surface area (Å²) in [7, 11) is -2.73. The van der Waals surface area contributed by atoms with Crippen molar-refractivity contribution in [1.29, 1.82) is 0 Å². The number of rotatable bonds is 12. The molecule has 40 heavy (non-hydrogen) atoms. The summed E-state index contributed by atoms with van der Waals surface area (Å²) in [5, 5.41) is 2.89. The molecule has 0 aromatic heterocycles. The number of hydrogen-bond donors (Lipinski definition) is 1. The first-order valence-electron chi connectivity index (χ1n) is 13.3. The Bertz CT molecular complexity index is 1420. The van der Waals surface area contributed by atoms with Crippen LogP contribution in [0.2, 0.25) is 0 Å². The van der Waals surface area contributed by atoms with Crippen molar-refractivity contribution in [2.24, 2.45) is 5.92 Å². The highest BCUT2D eigenvalue weighted by atomic mass is 32.2. The molecule has 0 aliphatic carbocycles. The summed E-state index contributed by atoms with van der Waals surface area (Å²) in [6.07, 6.45) is 0. The molecule has 0 bridgehead atoms. The van der Waals surface area contributed by atoms with E-state index in [4.69, 9.17) is 4.74 Å². The van der Waals surface area contributed by atoms with E-state index in [-0.39, 0.29) is 29.0 Å². The van der Waals surface area contributed by atoms with Crippen LogP contribution in [0.15, 0.2) is 77.7 Å². The van der Waals surface area contributed by atoms with Crippen LogP contribution in [-0.2, 0) is 26.2 Å². The normalized spacial score (nSPS) is 12.1. The predicted molar refractivity (Wildman–Crippen MR) is 158 cm³/mol. The lowest BCUT2D eigenvalue weighted by Gasteiger charge is -2.32.